The number of ketones is 2. The highest BCUT2D eigenvalue weighted by atomic mass is 79.9. The first kappa shape index (κ1) is 41.6. The monoisotopic (exact) mass is 827 g/mol. The van der Waals surface area contributed by atoms with Gasteiger partial charge in [-0.25, -0.2) is 19.9 Å². The molecule has 19 nitrogen and oxygen atoms in total. The van der Waals surface area contributed by atoms with Gasteiger partial charge in [0.2, 0.25) is 0 Å². The lowest BCUT2D eigenvalue weighted by molar-refractivity contribution is -0.385. The molecule has 4 aromatic heterocycles. The van der Waals surface area contributed by atoms with E-state index in [0.29, 0.717) is 37.6 Å². The topological polar surface area (TPSA) is 277 Å². The molecule has 0 unspecified atom stereocenters. The summed E-state index contributed by atoms with van der Waals surface area (Å²) in [5.41, 5.74) is 6.43. The van der Waals surface area contributed by atoms with E-state index in [1.165, 1.54) is 44.4 Å². The van der Waals surface area contributed by atoms with Crippen molar-refractivity contribution in [2.75, 3.05) is 42.8 Å². The van der Waals surface area contributed by atoms with E-state index in [4.69, 9.17) is 17.3 Å². The third kappa shape index (κ3) is 13.3. The van der Waals surface area contributed by atoms with Crippen molar-refractivity contribution >= 4 is 95.2 Å². The maximum Gasteiger partial charge on any atom is 0.288 e. The van der Waals surface area contributed by atoms with Gasteiger partial charge in [-0.2, -0.15) is 0 Å². The van der Waals surface area contributed by atoms with Gasteiger partial charge in [0.05, 0.1) is 46.7 Å². The molecule has 0 saturated carbocycles. The second-order valence-corrected chi connectivity index (χ2v) is 10.9. The molecule has 4 heterocycles. The van der Waals surface area contributed by atoms with Gasteiger partial charge in [-0.3, -0.25) is 39.9 Å². The van der Waals surface area contributed by atoms with E-state index in [0.717, 1.165) is 12.4 Å². The van der Waals surface area contributed by atoms with Crippen LogP contribution < -0.4 is 21.7 Å². The summed E-state index contributed by atoms with van der Waals surface area (Å²) in [6.07, 6.45) is 4.93. The van der Waals surface area contributed by atoms with E-state index < -0.39 is 14.8 Å². The summed E-state index contributed by atoms with van der Waals surface area (Å²) in [7, 11) is 5.00. The number of nitrogens with zero attached hydrogens (tertiary/aromatic N) is 7. The lowest BCUT2D eigenvalue weighted by Crippen LogP contribution is -2.04. The molecule has 0 spiro atoms. The fourth-order valence-electron chi connectivity index (χ4n) is 3.19. The molecule has 0 aliphatic rings. The number of hydrogen-bond donors (Lipinski definition) is 4. The zero-order valence-corrected chi connectivity index (χ0v) is 30.2. The highest BCUT2D eigenvalue weighted by Gasteiger charge is 2.14. The van der Waals surface area contributed by atoms with Crippen molar-refractivity contribution in [3.63, 3.8) is 0 Å². The molecule has 4 aromatic rings. The largest absolute Gasteiger partial charge is 0.397 e. The molecule has 0 saturated heterocycles. The number of nitro groups is 3. The van der Waals surface area contributed by atoms with E-state index in [1.54, 1.807) is 27.2 Å². The van der Waals surface area contributed by atoms with Gasteiger partial charge in [-0.15, -0.1) is 0 Å². The summed E-state index contributed by atoms with van der Waals surface area (Å²) in [6, 6.07) is 5.52. The molecule has 0 radical (unpaired) electrons. The minimum Gasteiger partial charge on any atom is -0.397 e. The van der Waals surface area contributed by atoms with Gasteiger partial charge >= 0.3 is 0 Å². The van der Waals surface area contributed by atoms with Gasteiger partial charge in [0, 0.05) is 39.3 Å². The molecule has 0 bridgehead atoms. The molecular formula is C27H28Br2ClN11O8. The normalized spacial score (nSPS) is 9.55. The Morgan fingerprint density at radius 2 is 1.02 bits per heavy atom. The van der Waals surface area contributed by atoms with Crippen molar-refractivity contribution in [3.8, 4) is 0 Å². The quantitative estimate of drug-likeness (QED) is 0.0652. The van der Waals surface area contributed by atoms with E-state index >= 15 is 0 Å². The zero-order valence-electron chi connectivity index (χ0n) is 26.2. The van der Waals surface area contributed by atoms with E-state index in [1.807, 2.05) is 0 Å². The van der Waals surface area contributed by atoms with Gasteiger partial charge in [0.1, 0.15) is 41.2 Å². The number of rotatable bonds is 8. The number of carbonyl (C=O) groups is 2. The number of carbonyl (C=O) groups excluding carboxylic acids is 2. The number of anilines is 4. The molecular weight excluding hydrogens is 802 g/mol. The fourth-order valence-corrected chi connectivity index (χ4v) is 4.17. The SMILES string of the molecule is CNc1ncc(N)cc1C(C)=O.CNc1ncc([N+](=O)[O-])cc1Br.CNc1ncc([N+](=O)[O-])cc1C(C)=O.O=[N+]([O-])c1cnc(Cl)c(Br)c1. The van der Waals surface area contributed by atoms with Crippen LogP contribution in [-0.4, -0.2) is 67.4 Å². The van der Waals surface area contributed by atoms with Crippen LogP contribution in [-0.2, 0) is 0 Å². The van der Waals surface area contributed by atoms with Crippen LogP contribution in [0.15, 0.2) is 58.0 Å². The maximum absolute atomic E-state index is 11.1. The Morgan fingerprint density at radius 1 is 0.653 bits per heavy atom. The number of nitrogens with two attached hydrogens (primary N) is 1. The van der Waals surface area contributed by atoms with Crippen LogP contribution in [0.1, 0.15) is 34.6 Å². The van der Waals surface area contributed by atoms with Crippen molar-refractivity contribution in [2.24, 2.45) is 0 Å². The molecule has 260 valence electrons. The van der Waals surface area contributed by atoms with Crippen LogP contribution in [0.4, 0.5) is 40.2 Å². The summed E-state index contributed by atoms with van der Waals surface area (Å²) in [4.78, 5) is 66.5. The first-order valence-electron chi connectivity index (χ1n) is 13.2. The fraction of sp³-hybridized carbons (Fsp3) is 0.185. The minimum atomic E-state index is -0.584. The summed E-state index contributed by atoms with van der Waals surface area (Å²) >= 11 is 11.7. The standard InChI is InChI=1S/C8H9N3O3.C8H11N3O.C6H6BrN3O2.C5H2BrClN2O2/c1-5(12)7-3-6(11(13)14)4-10-8(7)9-2;1-5(12)7-3-6(9)4-11-8(7)10-2;1-8-6-5(7)2-4(3-9-6)10(11)12;6-4-1-3(9(10)11)2-8-5(4)7/h3-4H,1-2H3,(H,9,10);3-4H,9H2,1-2H3,(H,10,11);2-3H,1H3,(H,8,9);1-2H. The number of nitrogens with one attached hydrogen (secondary N) is 3. The number of halogens is 3. The predicted octanol–water partition coefficient (Wildman–Crippen LogP) is 6.34. The van der Waals surface area contributed by atoms with Gasteiger partial charge in [-0.1, -0.05) is 11.6 Å². The summed E-state index contributed by atoms with van der Waals surface area (Å²) in [5.74, 6) is 1.20. The third-order valence-corrected chi connectivity index (χ3v) is 7.23. The van der Waals surface area contributed by atoms with Gasteiger partial charge in [0.15, 0.2) is 11.6 Å². The van der Waals surface area contributed by atoms with Gasteiger partial charge in [-0.05, 0) is 51.8 Å². The number of nitrogen functional groups attached to an aromatic ring is 1. The lowest BCUT2D eigenvalue weighted by atomic mass is 10.2. The number of pyridine rings is 4. The molecule has 0 amide bonds. The van der Waals surface area contributed by atoms with E-state index in [-0.39, 0.29) is 39.3 Å². The third-order valence-electron chi connectivity index (χ3n) is 5.49. The van der Waals surface area contributed by atoms with Crippen molar-refractivity contribution in [1.82, 2.24) is 19.9 Å². The second-order valence-electron chi connectivity index (χ2n) is 8.88. The Kier molecular flexibility index (Phi) is 17.0. The average Bonchev–Trinajstić information content (AvgIpc) is 3.06. The van der Waals surface area contributed by atoms with Crippen LogP contribution in [0.25, 0.3) is 0 Å². The van der Waals surface area contributed by atoms with Crippen molar-refractivity contribution in [1.29, 1.82) is 0 Å². The number of aromatic nitrogens is 4. The summed E-state index contributed by atoms with van der Waals surface area (Å²) < 4.78 is 1.01. The Balaban J connectivity index is 0.000000328. The molecule has 0 aliphatic heterocycles. The number of hydrogen-bond acceptors (Lipinski definition) is 16. The second kappa shape index (κ2) is 20.1. The lowest BCUT2D eigenvalue weighted by Gasteiger charge is -2.04. The highest BCUT2D eigenvalue weighted by Crippen LogP contribution is 2.25. The van der Waals surface area contributed by atoms with Crippen LogP contribution in [0.2, 0.25) is 5.15 Å². The maximum atomic E-state index is 11.1. The molecule has 4 rings (SSSR count). The summed E-state index contributed by atoms with van der Waals surface area (Å²) in [5, 5.41) is 39.4. The number of Topliss-reactive ketones (excluding diaryl/α,β-unsaturated/α-hetero) is 2. The molecule has 0 aromatic carbocycles. The summed E-state index contributed by atoms with van der Waals surface area (Å²) in [6.45, 7) is 2.82. The van der Waals surface area contributed by atoms with Gasteiger partial charge in [0.25, 0.3) is 17.1 Å². The predicted molar refractivity (Wildman–Crippen MR) is 190 cm³/mol. The van der Waals surface area contributed by atoms with Crippen molar-refractivity contribution in [3.05, 3.63) is 105 Å². The Morgan fingerprint density at radius 3 is 1.41 bits per heavy atom. The molecule has 5 N–H and O–H groups in total. The molecule has 0 fully saturated rings. The van der Waals surface area contributed by atoms with Crippen molar-refractivity contribution < 1.29 is 24.4 Å². The smallest absolute Gasteiger partial charge is 0.288 e. The van der Waals surface area contributed by atoms with Crippen LogP contribution in [0, 0.1) is 30.3 Å². The molecule has 0 atom stereocenters. The highest BCUT2D eigenvalue weighted by molar-refractivity contribution is 9.11. The molecule has 49 heavy (non-hydrogen) atoms. The van der Waals surface area contributed by atoms with Crippen LogP contribution >= 0.6 is 43.5 Å². The van der Waals surface area contributed by atoms with E-state index in [9.17, 15) is 39.9 Å². The first-order valence-corrected chi connectivity index (χ1v) is 15.1. The average molecular weight is 830 g/mol. The van der Waals surface area contributed by atoms with Gasteiger partial charge < -0.3 is 21.7 Å². The Hall–Kier alpha value is -5.41. The van der Waals surface area contributed by atoms with E-state index in [2.05, 4.69) is 67.7 Å². The molecule has 0 aliphatic carbocycles. The minimum absolute atomic E-state index is 0.0270. The van der Waals surface area contributed by atoms with Crippen LogP contribution in [0.5, 0.6) is 0 Å². The zero-order chi connectivity index (χ0) is 37.4. The Bertz CT molecular complexity index is 1850. The van der Waals surface area contributed by atoms with Crippen LogP contribution in [0.3, 0.4) is 0 Å². The molecule has 22 heteroatoms. The van der Waals surface area contributed by atoms with Crippen molar-refractivity contribution in [2.45, 2.75) is 13.8 Å². The first-order chi connectivity index (χ1) is 23.0. The Labute approximate surface area is 299 Å².